The predicted molar refractivity (Wildman–Crippen MR) is 598 cm³/mol. The Balaban J connectivity index is 0.722. The number of rotatable bonds is 12. The van der Waals surface area contributed by atoms with Gasteiger partial charge in [0.2, 0.25) is 0 Å². The summed E-state index contributed by atoms with van der Waals surface area (Å²) in [6.07, 6.45) is 0. The molecule has 0 aliphatic carbocycles. The van der Waals surface area contributed by atoms with E-state index in [4.69, 9.17) is 113 Å². The summed E-state index contributed by atoms with van der Waals surface area (Å²) in [6.45, 7) is 51.3. The lowest BCUT2D eigenvalue weighted by Crippen LogP contribution is -2.17. The van der Waals surface area contributed by atoms with E-state index in [1.165, 1.54) is 0 Å². The van der Waals surface area contributed by atoms with Gasteiger partial charge in [-0.1, -0.05) is 285 Å². The molecular formula is C124H110Cl4N8O12. The number of nitrogens with one attached hydrogen (secondary N) is 2. The van der Waals surface area contributed by atoms with Crippen LogP contribution in [0.3, 0.4) is 0 Å². The van der Waals surface area contributed by atoms with Crippen LogP contribution in [0, 0.1) is 0 Å². The fourth-order valence-corrected chi connectivity index (χ4v) is 19.9. The molecule has 0 saturated carbocycles. The van der Waals surface area contributed by atoms with Crippen molar-refractivity contribution < 1.29 is 36.6 Å². The zero-order valence-corrected chi connectivity index (χ0v) is 89.9. The molecule has 21 rings (SSSR count). The van der Waals surface area contributed by atoms with Gasteiger partial charge in [0.05, 0.1) is 42.3 Å². The van der Waals surface area contributed by atoms with Gasteiger partial charge in [0, 0.05) is 87.6 Å². The number of hydrogen-bond donors (Lipinski definition) is 2. The first-order chi connectivity index (χ1) is 69.5. The fraction of sp³-hybridized carbons (Fsp3) is 0.258. The Morgan fingerprint density at radius 2 is 0.426 bits per heavy atom. The molecule has 8 bridgehead atoms. The number of benzene rings is 12. The van der Waals surface area contributed by atoms with Gasteiger partial charge in [0.1, 0.15) is 90.9 Å². The monoisotopic (exact) mass is 2040 g/mol. The molecule has 746 valence electrons. The molecule has 148 heavy (non-hydrogen) atoms. The van der Waals surface area contributed by atoms with Gasteiger partial charge in [-0.3, -0.25) is 0 Å². The van der Waals surface area contributed by atoms with E-state index >= 15 is 0 Å². The maximum atomic E-state index is 14.2. The van der Waals surface area contributed by atoms with Crippen LogP contribution in [-0.2, 0) is 43.3 Å². The molecule has 20 nitrogen and oxygen atoms in total. The van der Waals surface area contributed by atoms with Gasteiger partial charge >= 0.3 is 22.5 Å². The number of aromatic nitrogens is 8. The van der Waals surface area contributed by atoms with Crippen LogP contribution in [0.25, 0.3) is 178 Å². The largest absolute Gasteiger partial charge is 0.456 e. The van der Waals surface area contributed by atoms with Crippen molar-refractivity contribution in [3.63, 3.8) is 0 Å². The van der Waals surface area contributed by atoms with E-state index in [0.717, 1.165) is 66.1 Å². The minimum absolute atomic E-state index is 0.153. The van der Waals surface area contributed by atoms with Crippen LogP contribution < -0.4 is 41.4 Å². The normalized spacial score (nSPS) is 12.8. The molecule has 12 aromatic carbocycles. The number of ether oxygens (including phenoxy) is 4. The minimum atomic E-state index is -0.484. The van der Waals surface area contributed by atoms with E-state index in [1.807, 2.05) is 24.3 Å². The van der Waals surface area contributed by atoms with Crippen molar-refractivity contribution in [2.24, 2.45) is 0 Å². The van der Waals surface area contributed by atoms with Crippen molar-refractivity contribution in [3.05, 3.63) is 325 Å². The van der Waals surface area contributed by atoms with Gasteiger partial charge in [0.25, 0.3) is 0 Å². The third-order valence-electron chi connectivity index (χ3n) is 27.6. The molecule has 19 aromatic rings. The summed E-state index contributed by atoms with van der Waals surface area (Å²) in [6, 6.07) is 67.0. The summed E-state index contributed by atoms with van der Waals surface area (Å²) in [5.41, 5.74) is 13.1. The highest BCUT2D eigenvalue weighted by molar-refractivity contribution is 6.35. The standard InChI is InChI=1S/C124H110Cl4N8O12/c1-117(2,3)69-41-65-45-77(113(137)145-101(65)89(49-69)121(13,14)15)61-25-33-73(34-26-61)141-97-57-85-81(53-93(97)125)105-129-109(85)133-106-82-54-94(126)98(142-74-35-27-62(28-36-74)78-46-66-42-70(118(4,5)6)50-90(122(16,17)18)102(66)146-114(78)138)58-86(82)111(130-106)135-108-84-56-96(128)100(144-76-39-31-64(32-40-76)80-48-68-44-72(120(10,11)12)52-92(124(22,23)24)104(68)148-116(80)140)60-88(84)112(132-108)136-107-83-55-95(127)99(59-87(83)110(131-107)134-105)143-75-37-29-63(30-38-75)79-47-67-43-71(119(7,8)9)51-91(123(19,20)21)103(67)147-115(79)139/h25-60H,1-24H3,(H2,129,130,131,132,133,134,135,136). The van der Waals surface area contributed by atoms with E-state index in [2.05, 4.69) is 225 Å². The van der Waals surface area contributed by atoms with Crippen molar-refractivity contribution in [2.75, 3.05) is 0 Å². The Morgan fingerprint density at radius 1 is 0.223 bits per heavy atom. The summed E-state index contributed by atoms with van der Waals surface area (Å²) < 4.78 is 52.1. The minimum Gasteiger partial charge on any atom is -0.456 e. The molecule has 2 aliphatic rings. The Kier molecular flexibility index (Phi) is 23.8. The predicted octanol–water partition coefficient (Wildman–Crippen LogP) is 34.1. The van der Waals surface area contributed by atoms with Crippen molar-refractivity contribution in [1.29, 1.82) is 0 Å². The molecule has 0 fully saturated rings. The maximum Gasteiger partial charge on any atom is 0.344 e. The average Bonchev–Trinajstić information content (AvgIpc) is 1.54. The molecule has 24 heteroatoms. The van der Waals surface area contributed by atoms with E-state index in [9.17, 15) is 19.2 Å². The highest BCUT2D eigenvalue weighted by Crippen LogP contribution is 2.51. The number of fused-ring (bicyclic) bond motifs is 24. The topological polar surface area (TPSA) is 267 Å². The average molecular weight is 2050 g/mol. The molecule has 2 aliphatic heterocycles. The third-order valence-corrected chi connectivity index (χ3v) is 28.8. The summed E-state index contributed by atoms with van der Waals surface area (Å²) in [4.78, 5) is 96.2. The summed E-state index contributed by atoms with van der Waals surface area (Å²) in [7, 11) is 0. The quantitative estimate of drug-likeness (QED) is 0.108. The molecule has 0 radical (unpaired) electrons. The summed E-state index contributed by atoms with van der Waals surface area (Å²) in [5.74, 6) is 3.07. The maximum absolute atomic E-state index is 14.2. The third kappa shape index (κ3) is 18.7. The van der Waals surface area contributed by atoms with Gasteiger partial charge < -0.3 is 46.6 Å². The van der Waals surface area contributed by atoms with E-state index in [-0.39, 0.29) is 132 Å². The lowest BCUT2D eigenvalue weighted by molar-refractivity contribution is 0.483. The van der Waals surface area contributed by atoms with Crippen LogP contribution in [0.5, 0.6) is 46.0 Å². The fourth-order valence-electron chi connectivity index (χ4n) is 19.1. The Morgan fingerprint density at radius 3 is 0.642 bits per heavy atom. The van der Waals surface area contributed by atoms with Crippen LogP contribution in [0.2, 0.25) is 20.1 Å². The number of hydrogen-bond acceptors (Lipinski definition) is 18. The zero-order valence-electron chi connectivity index (χ0n) is 86.9. The molecule has 0 unspecified atom stereocenters. The molecule has 0 saturated heterocycles. The number of halogens is 4. The van der Waals surface area contributed by atoms with E-state index in [1.54, 1.807) is 146 Å². The molecule has 2 N–H and O–H groups in total. The van der Waals surface area contributed by atoms with Crippen LogP contribution in [-0.4, -0.2) is 39.9 Å². The van der Waals surface area contributed by atoms with Crippen LogP contribution in [0.15, 0.2) is 255 Å². The molecule has 9 heterocycles. The van der Waals surface area contributed by atoms with E-state index in [0.29, 0.717) is 134 Å². The van der Waals surface area contributed by atoms with Gasteiger partial charge in [-0.05, 0) is 233 Å². The van der Waals surface area contributed by atoms with Crippen molar-refractivity contribution in [3.8, 4) is 136 Å². The molecule has 0 spiro atoms. The highest BCUT2D eigenvalue weighted by atomic mass is 35.5. The molecule has 0 amide bonds. The summed E-state index contributed by atoms with van der Waals surface area (Å²) in [5, 5.41) is 5.85. The van der Waals surface area contributed by atoms with Gasteiger partial charge in [-0.2, -0.15) is 0 Å². The van der Waals surface area contributed by atoms with Gasteiger partial charge in [-0.15, -0.1) is 0 Å². The first-order valence-corrected chi connectivity index (χ1v) is 50.9. The second kappa shape index (κ2) is 35.5. The SMILES string of the molecule is CC(C)(C)c1cc(C(C)(C)C)c2oc(=O)c(-c3ccc(Oc4cc5c(cc4Cl)-c4nc-5nc5[nH]c(nc6nc(nc7[nH]c(n4)c4cc(Oc8ccc(-c9cc%10cc(C(C)(C)C)cc(C(C)(C)C)c%10oc9=O)cc8)c(Cl)cc74)-c4cc(Oc7ccc(-c8cc9cc(C(C)(C)C)cc(C(C)(C)C)c9oc8=O)cc7)c(Cl)cc4-6)c4cc(Oc6ccc(-c7cc8cc(C(C)(C)C)cc(C(C)(C)C)c8oc7=O)cc6)c(Cl)cc54)cc3)cc2c1. The van der Waals surface area contributed by atoms with Gasteiger partial charge in [-0.25, -0.2) is 49.1 Å². The number of nitrogens with zero attached hydrogens (tertiary/aromatic N) is 6. The molecular weight excluding hydrogens is 1940 g/mol. The second-order valence-corrected chi connectivity index (χ2v) is 48.6. The smallest absolute Gasteiger partial charge is 0.344 e. The summed E-state index contributed by atoms with van der Waals surface area (Å²) >= 11 is 30.1. The highest BCUT2D eigenvalue weighted by Gasteiger charge is 2.35. The van der Waals surface area contributed by atoms with Crippen LogP contribution in [0.4, 0.5) is 0 Å². The molecule has 7 aromatic heterocycles. The Hall–Kier alpha value is -14.8. The zero-order chi connectivity index (χ0) is 105. The van der Waals surface area contributed by atoms with Gasteiger partial charge in [0.15, 0.2) is 23.3 Å². The second-order valence-electron chi connectivity index (χ2n) is 47.0. The Labute approximate surface area is 874 Å². The lowest BCUT2D eigenvalue weighted by Gasteiger charge is -2.26. The van der Waals surface area contributed by atoms with Crippen molar-refractivity contribution >= 4 is 134 Å². The van der Waals surface area contributed by atoms with Crippen LogP contribution in [0.1, 0.15) is 211 Å². The number of aromatic amines is 2. The lowest BCUT2D eigenvalue weighted by atomic mass is 9.79. The van der Waals surface area contributed by atoms with E-state index < -0.39 is 22.5 Å². The number of H-pyrrole nitrogens is 2. The molecule has 0 atom stereocenters. The first kappa shape index (κ1) is 99.2. The van der Waals surface area contributed by atoms with Crippen LogP contribution >= 0.6 is 46.4 Å². The van der Waals surface area contributed by atoms with Crippen molar-refractivity contribution in [1.82, 2.24) is 39.9 Å². The van der Waals surface area contributed by atoms with Crippen molar-refractivity contribution in [2.45, 2.75) is 209 Å². The Bertz CT molecular complexity index is 8770. The first-order valence-electron chi connectivity index (χ1n) is 49.4.